The fraction of sp³-hybridized carbons (Fsp3) is 0.0870. The van der Waals surface area contributed by atoms with Gasteiger partial charge in [-0.05, 0) is 11.6 Å². The van der Waals surface area contributed by atoms with E-state index in [0.717, 1.165) is 5.56 Å². The molecule has 0 fully saturated rings. The standard InChI is InChI=1S/C23H19ClFN5O2/c1-30(13-14-6-3-2-4-7-14)23(31)32-19-10-15(11-27-19)21-17(12-28-22(26)29-21)16-8-5-9-18(24)20(16)25/h2-12,27H,13H2,1H3,(H2,26,28,29). The number of aromatic amines is 1. The lowest BCUT2D eigenvalue weighted by Crippen LogP contribution is -2.29. The van der Waals surface area contributed by atoms with Gasteiger partial charge in [0.2, 0.25) is 11.8 Å². The quantitative estimate of drug-likeness (QED) is 0.437. The average Bonchev–Trinajstić information content (AvgIpc) is 3.25. The van der Waals surface area contributed by atoms with Gasteiger partial charge in [0.25, 0.3) is 0 Å². The van der Waals surface area contributed by atoms with Gasteiger partial charge in [0, 0.05) is 48.7 Å². The van der Waals surface area contributed by atoms with Crippen LogP contribution in [0.25, 0.3) is 22.4 Å². The Bertz CT molecular complexity index is 1260. The van der Waals surface area contributed by atoms with Crippen molar-refractivity contribution >= 4 is 23.6 Å². The zero-order valence-electron chi connectivity index (χ0n) is 17.0. The van der Waals surface area contributed by atoms with Gasteiger partial charge in [-0.25, -0.2) is 19.2 Å². The second-order valence-electron chi connectivity index (χ2n) is 7.05. The molecule has 0 unspecified atom stereocenters. The van der Waals surface area contributed by atoms with Gasteiger partial charge in [0.05, 0.1) is 10.7 Å². The highest BCUT2D eigenvalue weighted by atomic mass is 35.5. The molecule has 2 aromatic heterocycles. The van der Waals surface area contributed by atoms with E-state index in [-0.39, 0.29) is 22.4 Å². The summed E-state index contributed by atoms with van der Waals surface area (Å²) in [4.78, 5) is 25.0. The van der Waals surface area contributed by atoms with Crippen LogP contribution in [0.3, 0.4) is 0 Å². The zero-order valence-corrected chi connectivity index (χ0v) is 17.8. The van der Waals surface area contributed by atoms with Gasteiger partial charge in [-0.1, -0.05) is 54.1 Å². The van der Waals surface area contributed by atoms with E-state index in [2.05, 4.69) is 15.0 Å². The number of nitrogens with one attached hydrogen (secondary N) is 1. The molecule has 9 heteroatoms. The summed E-state index contributed by atoms with van der Waals surface area (Å²) in [6.45, 7) is 0.397. The maximum Gasteiger partial charge on any atom is 0.416 e. The van der Waals surface area contributed by atoms with Crippen molar-refractivity contribution in [2.45, 2.75) is 6.54 Å². The minimum atomic E-state index is -0.589. The molecule has 4 rings (SSSR count). The number of aromatic nitrogens is 3. The highest BCUT2D eigenvalue weighted by molar-refractivity contribution is 6.31. The van der Waals surface area contributed by atoms with Crippen molar-refractivity contribution < 1.29 is 13.9 Å². The van der Waals surface area contributed by atoms with Gasteiger partial charge in [-0.2, -0.15) is 0 Å². The van der Waals surface area contributed by atoms with Gasteiger partial charge in [-0.15, -0.1) is 0 Å². The third-order valence-electron chi connectivity index (χ3n) is 4.75. The summed E-state index contributed by atoms with van der Waals surface area (Å²) in [6.07, 6.45) is 2.48. The van der Waals surface area contributed by atoms with E-state index in [0.29, 0.717) is 23.4 Å². The van der Waals surface area contributed by atoms with Crippen molar-refractivity contribution in [1.29, 1.82) is 0 Å². The van der Waals surface area contributed by atoms with Crippen molar-refractivity contribution in [3.8, 4) is 28.3 Å². The largest absolute Gasteiger partial charge is 0.416 e. The van der Waals surface area contributed by atoms with Crippen LogP contribution in [-0.4, -0.2) is 33.0 Å². The summed E-state index contributed by atoms with van der Waals surface area (Å²) in [7, 11) is 1.64. The van der Waals surface area contributed by atoms with E-state index >= 15 is 0 Å². The molecule has 2 aromatic carbocycles. The van der Waals surface area contributed by atoms with Gasteiger partial charge < -0.3 is 20.4 Å². The molecular formula is C23H19ClFN5O2. The first kappa shape index (κ1) is 21.3. The van der Waals surface area contributed by atoms with Crippen LogP contribution >= 0.6 is 11.6 Å². The number of amides is 1. The number of nitrogens with zero attached hydrogens (tertiary/aromatic N) is 3. The van der Waals surface area contributed by atoms with E-state index < -0.39 is 11.9 Å². The molecule has 0 bridgehead atoms. The molecule has 7 nitrogen and oxygen atoms in total. The topological polar surface area (TPSA) is 97.1 Å². The van der Waals surface area contributed by atoms with Crippen LogP contribution in [0.2, 0.25) is 5.02 Å². The number of ether oxygens (including phenoxy) is 1. The molecule has 0 radical (unpaired) electrons. The summed E-state index contributed by atoms with van der Waals surface area (Å²) < 4.78 is 20.1. The first-order valence-corrected chi connectivity index (χ1v) is 10.0. The van der Waals surface area contributed by atoms with Gasteiger partial charge in [0.1, 0.15) is 5.82 Å². The molecule has 0 saturated heterocycles. The fourth-order valence-electron chi connectivity index (χ4n) is 3.19. The van der Waals surface area contributed by atoms with Crippen LogP contribution in [0.15, 0.2) is 67.0 Å². The van der Waals surface area contributed by atoms with Crippen LogP contribution in [0.5, 0.6) is 5.88 Å². The molecular weight excluding hydrogens is 433 g/mol. The number of anilines is 1. The van der Waals surface area contributed by atoms with Gasteiger partial charge >= 0.3 is 6.09 Å². The highest BCUT2D eigenvalue weighted by Crippen LogP contribution is 2.35. The Balaban J connectivity index is 1.58. The van der Waals surface area contributed by atoms with Gasteiger partial charge in [-0.3, -0.25) is 0 Å². The van der Waals surface area contributed by atoms with Crippen LogP contribution in [0.1, 0.15) is 5.56 Å². The molecule has 4 aromatic rings. The van der Waals surface area contributed by atoms with E-state index in [4.69, 9.17) is 22.1 Å². The smallest absolute Gasteiger partial charge is 0.393 e. The maximum absolute atomic E-state index is 14.6. The monoisotopic (exact) mass is 451 g/mol. The summed E-state index contributed by atoms with van der Waals surface area (Å²) >= 11 is 5.93. The van der Waals surface area contributed by atoms with Crippen molar-refractivity contribution in [2.24, 2.45) is 0 Å². The Hall–Kier alpha value is -3.91. The molecule has 3 N–H and O–H groups in total. The molecule has 0 atom stereocenters. The highest BCUT2D eigenvalue weighted by Gasteiger charge is 2.18. The fourth-order valence-corrected chi connectivity index (χ4v) is 3.36. The molecule has 0 aliphatic carbocycles. The Labute approximate surface area is 188 Å². The number of carbonyl (C=O) groups excluding carboxylic acids is 1. The van der Waals surface area contributed by atoms with Crippen molar-refractivity contribution in [2.75, 3.05) is 12.8 Å². The molecule has 32 heavy (non-hydrogen) atoms. The van der Waals surface area contributed by atoms with Crippen LogP contribution < -0.4 is 10.5 Å². The minimum Gasteiger partial charge on any atom is -0.393 e. The third-order valence-corrected chi connectivity index (χ3v) is 5.04. The zero-order chi connectivity index (χ0) is 22.7. The number of benzene rings is 2. The average molecular weight is 452 g/mol. The lowest BCUT2D eigenvalue weighted by molar-refractivity contribution is 0.159. The number of halogens is 2. The molecule has 0 aliphatic rings. The molecule has 2 heterocycles. The number of hydrogen-bond donors (Lipinski definition) is 2. The van der Waals surface area contributed by atoms with Crippen LogP contribution in [0.4, 0.5) is 15.1 Å². The normalized spacial score (nSPS) is 10.7. The Morgan fingerprint density at radius 3 is 2.75 bits per heavy atom. The van der Waals surface area contributed by atoms with Crippen molar-refractivity contribution in [3.63, 3.8) is 0 Å². The van der Waals surface area contributed by atoms with E-state index in [9.17, 15) is 9.18 Å². The van der Waals surface area contributed by atoms with Crippen molar-refractivity contribution in [1.82, 2.24) is 19.9 Å². The van der Waals surface area contributed by atoms with Gasteiger partial charge in [0.15, 0.2) is 0 Å². The number of hydrogen-bond acceptors (Lipinski definition) is 5. The first-order chi connectivity index (χ1) is 15.4. The minimum absolute atomic E-state index is 0.0181. The number of rotatable bonds is 5. The number of nitrogens with two attached hydrogens (primary N) is 1. The lowest BCUT2D eigenvalue weighted by Gasteiger charge is -2.16. The number of carbonyl (C=O) groups is 1. The van der Waals surface area contributed by atoms with Crippen LogP contribution in [0, 0.1) is 5.82 Å². The summed E-state index contributed by atoms with van der Waals surface area (Å²) in [5.74, 6) is -0.360. The Morgan fingerprint density at radius 2 is 1.97 bits per heavy atom. The molecule has 0 spiro atoms. The van der Waals surface area contributed by atoms with E-state index in [1.165, 1.54) is 17.2 Å². The number of H-pyrrole nitrogens is 1. The molecule has 0 saturated carbocycles. The predicted molar refractivity (Wildman–Crippen MR) is 121 cm³/mol. The second kappa shape index (κ2) is 9.07. The molecule has 0 aliphatic heterocycles. The van der Waals surface area contributed by atoms with E-state index in [1.54, 1.807) is 31.4 Å². The summed E-state index contributed by atoms with van der Waals surface area (Å²) in [6, 6.07) is 15.8. The predicted octanol–water partition coefficient (Wildman–Crippen LogP) is 5.14. The van der Waals surface area contributed by atoms with Crippen LogP contribution in [-0.2, 0) is 6.54 Å². The number of nitrogen functional groups attached to an aromatic ring is 1. The Kier molecular flexibility index (Phi) is 6.04. The SMILES string of the molecule is CN(Cc1ccccc1)C(=O)Oc1cc(-c2nc(N)ncc2-c2cccc(Cl)c2F)c[nH]1. The summed E-state index contributed by atoms with van der Waals surface area (Å²) in [5.41, 5.74) is 8.29. The maximum atomic E-state index is 14.6. The second-order valence-corrected chi connectivity index (χ2v) is 7.46. The van der Waals surface area contributed by atoms with E-state index in [1.807, 2.05) is 30.3 Å². The Morgan fingerprint density at radius 1 is 1.19 bits per heavy atom. The summed E-state index contributed by atoms with van der Waals surface area (Å²) in [5, 5.41) is -0.0181. The third kappa shape index (κ3) is 4.55. The first-order valence-electron chi connectivity index (χ1n) is 9.65. The molecule has 1 amide bonds. The molecule has 162 valence electrons. The van der Waals surface area contributed by atoms with Crippen molar-refractivity contribution in [3.05, 3.63) is 83.4 Å². The lowest BCUT2D eigenvalue weighted by atomic mass is 10.0.